The molecule has 0 saturated carbocycles. The lowest BCUT2D eigenvalue weighted by molar-refractivity contribution is -0.148. The van der Waals surface area contributed by atoms with E-state index < -0.39 is 46.7 Å². The molecule has 1 fully saturated rings. The molecule has 2 aromatic carbocycles. The molecule has 1 aliphatic heterocycles. The van der Waals surface area contributed by atoms with Crippen molar-refractivity contribution < 1.29 is 36.6 Å². The fourth-order valence-electron chi connectivity index (χ4n) is 4.99. The zero-order valence-electron chi connectivity index (χ0n) is 22.6. The number of alkyl halides is 3. The van der Waals surface area contributed by atoms with Gasteiger partial charge in [-0.25, -0.2) is 4.39 Å². The van der Waals surface area contributed by atoms with Crippen LogP contribution < -0.4 is 20.4 Å². The van der Waals surface area contributed by atoms with E-state index in [2.05, 4.69) is 5.32 Å². The van der Waals surface area contributed by atoms with Gasteiger partial charge in [0, 0.05) is 35.9 Å². The lowest BCUT2D eigenvalue weighted by atomic mass is 9.96. The first-order valence-corrected chi connectivity index (χ1v) is 13.7. The number of carbonyl (C=O) groups is 2. The third-order valence-corrected chi connectivity index (χ3v) is 7.51. The summed E-state index contributed by atoms with van der Waals surface area (Å²) in [5.74, 6) is -2.96. The number of hydrogen-bond acceptors (Lipinski definition) is 6. The third-order valence-electron chi connectivity index (χ3n) is 6.93. The molecule has 0 spiro atoms. The van der Waals surface area contributed by atoms with Crippen LogP contribution in [-0.2, 0) is 22.6 Å². The number of nitrogens with zero attached hydrogens (tertiary/aromatic N) is 2. The van der Waals surface area contributed by atoms with Crippen molar-refractivity contribution in [2.75, 3.05) is 31.7 Å². The Balaban J connectivity index is 1.76. The van der Waals surface area contributed by atoms with Crippen molar-refractivity contribution in [2.24, 2.45) is 5.92 Å². The van der Waals surface area contributed by atoms with E-state index in [4.69, 9.17) is 32.7 Å². The highest BCUT2D eigenvalue weighted by molar-refractivity contribution is 6.35. The van der Waals surface area contributed by atoms with Crippen LogP contribution in [0.15, 0.2) is 35.3 Å². The molecule has 8 nitrogen and oxygen atoms in total. The quantitative estimate of drug-likeness (QED) is 0.252. The third kappa shape index (κ3) is 6.75. The van der Waals surface area contributed by atoms with E-state index in [1.165, 1.54) is 12.1 Å². The first kappa shape index (κ1) is 31.4. The van der Waals surface area contributed by atoms with Gasteiger partial charge in [0.1, 0.15) is 17.8 Å². The number of rotatable bonds is 8. The maximum absolute atomic E-state index is 15.6. The Morgan fingerprint density at radius 2 is 1.83 bits per heavy atom. The van der Waals surface area contributed by atoms with Crippen LogP contribution in [0.5, 0.6) is 5.75 Å². The molecule has 4 rings (SSSR count). The highest BCUT2D eigenvalue weighted by Crippen LogP contribution is 2.40. The van der Waals surface area contributed by atoms with Crippen molar-refractivity contribution in [3.8, 4) is 5.75 Å². The summed E-state index contributed by atoms with van der Waals surface area (Å²) < 4.78 is 67.9. The molecule has 0 bridgehead atoms. The second-order valence-electron chi connectivity index (χ2n) is 9.68. The second-order valence-corrected chi connectivity index (χ2v) is 10.5. The zero-order valence-corrected chi connectivity index (χ0v) is 24.1. The average Bonchev–Trinajstić information content (AvgIpc) is 2.92. The smallest absolute Gasteiger partial charge is 0.406 e. The Labute approximate surface area is 248 Å². The first-order valence-electron chi connectivity index (χ1n) is 13.0. The number of nitrogens with one attached hydrogen (secondary N) is 1. The van der Waals surface area contributed by atoms with Crippen LogP contribution >= 0.6 is 23.2 Å². The maximum atomic E-state index is 15.6. The number of halogens is 6. The zero-order chi connectivity index (χ0) is 30.8. The van der Waals surface area contributed by atoms with Crippen LogP contribution in [-0.4, -0.2) is 49.4 Å². The number of aromatic nitrogens is 1. The Hall–Kier alpha value is -3.51. The maximum Gasteiger partial charge on any atom is 0.406 e. The molecule has 14 heteroatoms. The number of benzene rings is 2. The van der Waals surface area contributed by atoms with E-state index in [-0.39, 0.29) is 54.2 Å². The summed E-state index contributed by atoms with van der Waals surface area (Å²) in [5, 5.41) is 2.60. The molecule has 1 N–H and O–H groups in total. The van der Waals surface area contributed by atoms with E-state index in [1.54, 1.807) is 17.9 Å². The van der Waals surface area contributed by atoms with Gasteiger partial charge in [-0.05, 0) is 43.5 Å². The van der Waals surface area contributed by atoms with Crippen LogP contribution in [0.3, 0.4) is 0 Å². The predicted octanol–water partition coefficient (Wildman–Crippen LogP) is 5.73. The molecule has 1 amide bonds. The van der Waals surface area contributed by atoms with E-state index in [9.17, 15) is 27.6 Å². The number of methoxy groups -OCH3 is 1. The average molecular weight is 632 g/mol. The summed E-state index contributed by atoms with van der Waals surface area (Å²) in [4.78, 5) is 40.1. The first-order chi connectivity index (χ1) is 19.8. The molecule has 0 atom stereocenters. The number of amides is 1. The SMILES string of the molecule is CCOC(=O)C1CCN(c2c(F)cc3c(=O)c(C(=O)NCc4ccc(Cl)cc4Cl)cn(CC(F)(F)F)c3c2OC)CC1. The number of ether oxygens (including phenoxy) is 2. The normalized spacial score (nSPS) is 14.2. The van der Waals surface area contributed by atoms with Crippen LogP contribution in [0, 0.1) is 11.7 Å². The number of pyridine rings is 1. The van der Waals surface area contributed by atoms with Gasteiger partial charge in [0.25, 0.3) is 5.91 Å². The summed E-state index contributed by atoms with van der Waals surface area (Å²) in [6.07, 6.45) is -3.32. The van der Waals surface area contributed by atoms with Gasteiger partial charge in [-0.3, -0.25) is 14.4 Å². The lowest BCUT2D eigenvalue weighted by Crippen LogP contribution is -2.38. The van der Waals surface area contributed by atoms with Crippen molar-refractivity contribution in [3.05, 3.63) is 67.7 Å². The number of carbonyl (C=O) groups excluding carboxylic acids is 2. The molecule has 0 radical (unpaired) electrons. The fourth-order valence-corrected chi connectivity index (χ4v) is 5.47. The molecule has 226 valence electrons. The van der Waals surface area contributed by atoms with E-state index in [0.717, 1.165) is 19.4 Å². The molecular formula is C28H27Cl2F4N3O5. The van der Waals surface area contributed by atoms with Gasteiger partial charge in [0.2, 0.25) is 5.43 Å². The predicted molar refractivity (Wildman–Crippen MR) is 150 cm³/mol. The number of fused-ring (bicyclic) bond motifs is 1. The van der Waals surface area contributed by atoms with E-state index in [1.807, 2.05) is 0 Å². The molecule has 3 aromatic rings. The summed E-state index contributed by atoms with van der Waals surface area (Å²) in [6, 6.07) is 5.34. The molecule has 1 saturated heterocycles. The van der Waals surface area contributed by atoms with Gasteiger partial charge in [-0.2, -0.15) is 13.2 Å². The van der Waals surface area contributed by atoms with Crippen molar-refractivity contribution in [3.63, 3.8) is 0 Å². The van der Waals surface area contributed by atoms with Crippen molar-refractivity contribution >= 4 is 51.7 Å². The summed E-state index contributed by atoms with van der Waals surface area (Å²) in [7, 11) is 1.15. The molecule has 1 aliphatic rings. The van der Waals surface area contributed by atoms with Crippen LogP contribution in [0.25, 0.3) is 10.9 Å². The van der Waals surface area contributed by atoms with Crippen molar-refractivity contribution in [2.45, 2.75) is 39.0 Å². The van der Waals surface area contributed by atoms with Gasteiger partial charge in [-0.1, -0.05) is 29.3 Å². The number of anilines is 1. The minimum atomic E-state index is -4.76. The minimum Gasteiger partial charge on any atom is -0.492 e. The van der Waals surface area contributed by atoms with Gasteiger partial charge in [0.15, 0.2) is 11.6 Å². The standard InChI is InChI=1S/C28H27Cl2F4N3O5/c1-3-42-27(40)15-6-8-36(9-7-15)23-21(31)11-18-22(25(23)41-2)37(14-28(32,33)34)13-19(24(18)38)26(39)35-12-16-4-5-17(29)10-20(16)30/h4-5,10-11,13,15H,3,6-9,12,14H2,1-2H3,(H,35,39). The fraction of sp³-hybridized carbons (Fsp3) is 0.393. The van der Waals surface area contributed by atoms with Crippen molar-refractivity contribution in [1.29, 1.82) is 0 Å². The van der Waals surface area contributed by atoms with Gasteiger partial charge < -0.3 is 24.3 Å². The monoisotopic (exact) mass is 631 g/mol. The molecule has 42 heavy (non-hydrogen) atoms. The van der Waals surface area contributed by atoms with Crippen LogP contribution in [0.4, 0.5) is 23.2 Å². The largest absolute Gasteiger partial charge is 0.492 e. The van der Waals surface area contributed by atoms with Gasteiger partial charge >= 0.3 is 12.1 Å². The van der Waals surface area contributed by atoms with Gasteiger partial charge in [0.05, 0.1) is 30.5 Å². The number of esters is 1. The number of hydrogen-bond donors (Lipinski definition) is 1. The second kappa shape index (κ2) is 12.8. The summed E-state index contributed by atoms with van der Waals surface area (Å²) in [6.45, 7) is 0.563. The topological polar surface area (TPSA) is 89.9 Å². The van der Waals surface area contributed by atoms with E-state index >= 15 is 4.39 Å². The summed E-state index contributed by atoms with van der Waals surface area (Å²) in [5.41, 5.74) is -1.61. The Morgan fingerprint density at radius 3 is 2.43 bits per heavy atom. The molecular weight excluding hydrogens is 605 g/mol. The molecule has 1 aromatic heterocycles. The molecule has 0 unspecified atom stereocenters. The van der Waals surface area contributed by atoms with Crippen LogP contribution in [0.1, 0.15) is 35.7 Å². The molecule has 2 heterocycles. The highest BCUT2D eigenvalue weighted by Gasteiger charge is 2.34. The number of piperidine rings is 1. The minimum absolute atomic E-state index is 0.141. The van der Waals surface area contributed by atoms with Crippen LogP contribution in [0.2, 0.25) is 10.0 Å². The van der Waals surface area contributed by atoms with E-state index in [0.29, 0.717) is 28.0 Å². The Bertz CT molecular complexity index is 1570. The highest BCUT2D eigenvalue weighted by atomic mass is 35.5. The Kier molecular flexibility index (Phi) is 9.56. The lowest BCUT2D eigenvalue weighted by Gasteiger charge is -2.34. The summed E-state index contributed by atoms with van der Waals surface area (Å²) >= 11 is 12.0. The van der Waals surface area contributed by atoms with Crippen molar-refractivity contribution in [1.82, 2.24) is 9.88 Å². The Morgan fingerprint density at radius 1 is 1.14 bits per heavy atom. The molecule has 0 aliphatic carbocycles. The van der Waals surface area contributed by atoms with Gasteiger partial charge in [-0.15, -0.1) is 0 Å².